The molecule has 28 heavy (non-hydrogen) atoms. The average Bonchev–Trinajstić information content (AvgIpc) is 3.20. The summed E-state index contributed by atoms with van der Waals surface area (Å²) in [6.45, 7) is 3.56. The zero-order valence-corrected chi connectivity index (χ0v) is 17.3. The zero-order chi connectivity index (χ0) is 19.8. The van der Waals surface area contributed by atoms with E-state index in [0.717, 1.165) is 15.8 Å². The Morgan fingerprint density at radius 2 is 1.89 bits per heavy atom. The summed E-state index contributed by atoms with van der Waals surface area (Å²) in [4.78, 5) is 18.6. The first-order chi connectivity index (χ1) is 13.7. The number of rotatable bonds is 9. The minimum atomic E-state index is 0.0429. The van der Waals surface area contributed by atoms with Gasteiger partial charge in [-0.1, -0.05) is 51.4 Å². The summed E-state index contributed by atoms with van der Waals surface area (Å²) in [6.07, 6.45) is 0.741. The van der Waals surface area contributed by atoms with Gasteiger partial charge in [0.05, 0.1) is 6.54 Å². The first-order valence-electron chi connectivity index (χ1n) is 9.20. The van der Waals surface area contributed by atoms with E-state index < -0.39 is 0 Å². The predicted octanol–water partition coefficient (Wildman–Crippen LogP) is 4.36. The van der Waals surface area contributed by atoms with E-state index in [9.17, 15) is 4.79 Å². The third-order valence-corrected chi connectivity index (χ3v) is 4.76. The van der Waals surface area contributed by atoms with Crippen LogP contribution in [0.2, 0.25) is 0 Å². The van der Waals surface area contributed by atoms with Gasteiger partial charge in [-0.05, 0) is 31.2 Å². The largest absolute Gasteiger partial charge is 0.492 e. The Balaban J connectivity index is 1.46. The summed E-state index contributed by atoms with van der Waals surface area (Å²) in [5.74, 6) is 1.83. The molecule has 0 spiro atoms. The summed E-state index contributed by atoms with van der Waals surface area (Å²) in [6, 6.07) is 17.2. The maximum Gasteiger partial charge on any atom is 0.227 e. The molecule has 0 aliphatic heterocycles. The lowest BCUT2D eigenvalue weighted by atomic mass is 10.2. The van der Waals surface area contributed by atoms with Gasteiger partial charge in [-0.3, -0.25) is 4.79 Å². The Kier molecular flexibility index (Phi) is 7.19. The van der Waals surface area contributed by atoms with E-state index in [1.807, 2.05) is 61.5 Å². The molecule has 0 saturated carbocycles. The molecular weight excluding hydrogens is 422 g/mol. The van der Waals surface area contributed by atoms with E-state index >= 15 is 0 Å². The number of carbonyl (C=O) groups excluding carboxylic acids is 1. The van der Waals surface area contributed by atoms with Crippen LogP contribution in [0, 0.1) is 0 Å². The molecule has 1 amide bonds. The molecule has 0 N–H and O–H groups in total. The minimum Gasteiger partial charge on any atom is -0.492 e. The molecule has 0 aliphatic rings. The van der Waals surface area contributed by atoms with E-state index in [4.69, 9.17) is 9.26 Å². The fourth-order valence-corrected chi connectivity index (χ4v) is 2.96. The highest BCUT2D eigenvalue weighted by Crippen LogP contribution is 2.17. The molecule has 1 heterocycles. The zero-order valence-electron chi connectivity index (χ0n) is 15.7. The van der Waals surface area contributed by atoms with Gasteiger partial charge in [-0.2, -0.15) is 4.98 Å². The second-order valence-electron chi connectivity index (χ2n) is 6.15. The number of aryl methyl sites for hydroxylation is 1. The van der Waals surface area contributed by atoms with Gasteiger partial charge in [0.2, 0.25) is 17.6 Å². The number of aromatic nitrogens is 2. The van der Waals surface area contributed by atoms with Gasteiger partial charge in [-0.15, -0.1) is 0 Å². The number of hydrogen-bond donors (Lipinski definition) is 0. The number of hydrogen-bond acceptors (Lipinski definition) is 5. The molecule has 1 aromatic heterocycles. The van der Waals surface area contributed by atoms with Crippen molar-refractivity contribution in [2.45, 2.75) is 19.8 Å². The molecule has 3 rings (SSSR count). The van der Waals surface area contributed by atoms with Crippen LogP contribution >= 0.6 is 15.9 Å². The first-order valence-corrected chi connectivity index (χ1v) is 9.99. The van der Waals surface area contributed by atoms with Gasteiger partial charge in [0.25, 0.3) is 0 Å². The van der Waals surface area contributed by atoms with Crippen LogP contribution in [-0.4, -0.2) is 40.6 Å². The van der Waals surface area contributed by atoms with Crippen LogP contribution in [0.1, 0.15) is 19.2 Å². The molecule has 146 valence electrons. The number of amides is 1. The first kappa shape index (κ1) is 20.1. The van der Waals surface area contributed by atoms with Gasteiger partial charge in [0.15, 0.2) is 0 Å². The second kappa shape index (κ2) is 10.0. The lowest BCUT2D eigenvalue weighted by Gasteiger charge is -2.20. The fraction of sp³-hybridized carbons (Fsp3) is 0.286. The van der Waals surface area contributed by atoms with Crippen LogP contribution in [0.3, 0.4) is 0 Å². The smallest absolute Gasteiger partial charge is 0.227 e. The quantitative estimate of drug-likeness (QED) is 0.491. The molecular formula is C21H22BrN3O3. The number of carbonyl (C=O) groups is 1. The third kappa shape index (κ3) is 5.66. The van der Waals surface area contributed by atoms with E-state index in [1.54, 1.807) is 4.90 Å². The second-order valence-corrected chi connectivity index (χ2v) is 7.07. The van der Waals surface area contributed by atoms with Gasteiger partial charge < -0.3 is 14.2 Å². The highest BCUT2D eigenvalue weighted by molar-refractivity contribution is 9.10. The van der Waals surface area contributed by atoms with Gasteiger partial charge in [-0.25, -0.2) is 0 Å². The van der Waals surface area contributed by atoms with Crippen molar-refractivity contribution in [2.75, 3.05) is 19.7 Å². The lowest BCUT2D eigenvalue weighted by Crippen LogP contribution is -2.34. The Bertz CT molecular complexity index is 881. The predicted molar refractivity (Wildman–Crippen MR) is 110 cm³/mol. The minimum absolute atomic E-state index is 0.0429. The van der Waals surface area contributed by atoms with Gasteiger partial charge in [0.1, 0.15) is 12.4 Å². The van der Waals surface area contributed by atoms with E-state index in [0.29, 0.717) is 44.3 Å². The van der Waals surface area contributed by atoms with Gasteiger partial charge in [0, 0.05) is 29.4 Å². The third-order valence-electron chi connectivity index (χ3n) is 4.23. The van der Waals surface area contributed by atoms with Crippen molar-refractivity contribution in [1.82, 2.24) is 15.0 Å². The van der Waals surface area contributed by atoms with Crippen LogP contribution < -0.4 is 4.74 Å². The number of halogens is 1. The monoisotopic (exact) mass is 443 g/mol. The van der Waals surface area contributed by atoms with Crippen molar-refractivity contribution in [2.24, 2.45) is 0 Å². The van der Waals surface area contributed by atoms with Crippen molar-refractivity contribution in [1.29, 1.82) is 0 Å². The maximum absolute atomic E-state index is 12.5. The topological polar surface area (TPSA) is 68.5 Å². The van der Waals surface area contributed by atoms with Crippen LogP contribution in [0.15, 0.2) is 63.6 Å². The number of nitrogens with zero attached hydrogens (tertiary/aromatic N) is 3. The van der Waals surface area contributed by atoms with Crippen LogP contribution in [0.5, 0.6) is 5.75 Å². The van der Waals surface area contributed by atoms with Crippen molar-refractivity contribution in [3.63, 3.8) is 0 Å². The van der Waals surface area contributed by atoms with Crippen molar-refractivity contribution < 1.29 is 14.1 Å². The van der Waals surface area contributed by atoms with E-state index in [-0.39, 0.29) is 5.91 Å². The molecule has 0 saturated heterocycles. The van der Waals surface area contributed by atoms with E-state index in [2.05, 4.69) is 26.1 Å². The molecule has 0 aliphatic carbocycles. The van der Waals surface area contributed by atoms with Crippen molar-refractivity contribution in [3.05, 3.63) is 65.0 Å². The number of benzene rings is 2. The summed E-state index contributed by atoms with van der Waals surface area (Å²) in [5.41, 5.74) is 0.893. The van der Waals surface area contributed by atoms with Crippen LogP contribution in [0.4, 0.5) is 0 Å². The highest BCUT2D eigenvalue weighted by Gasteiger charge is 2.15. The molecule has 0 atom stereocenters. The highest BCUT2D eigenvalue weighted by atomic mass is 79.9. The average molecular weight is 444 g/mol. The molecule has 2 aromatic carbocycles. The summed E-state index contributed by atoms with van der Waals surface area (Å²) < 4.78 is 12.0. The standard InChI is InChI=1S/C21H22BrN3O3/c1-2-25(14-15-27-18-10-8-17(22)9-11-18)20(26)13-12-19-23-21(24-28-19)16-6-4-3-5-7-16/h3-11H,2,12-15H2,1H3. The molecule has 0 fully saturated rings. The van der Waals surface area contributed by atoms with Crippen LogP contribution in [0.25, 0.3) is 11.4 Å². The summed E-state index contributed by atoms with van der Waals surface area (Å²) in [7, 11) is 0. The normalized spacial score (nSPS) is 10.6. The Morgan fingerprint density at radius 3 is 2.61 bits per heavy atom. The lowest BCUT2D eigenvalue weighted by molar-refractivity contribution is -0.131. The molecule has 0 radical (unpaired) electrons. The summed E-state index contributed by atoms with van der Waals surface area (Å²) in [5, 5.41) is 3.98. The van der Waals surface area contributed by atoms with Gasteiger partial charge >= 0.3 is 0 Å². The molecule has 6 nitrogen and oxygen atoms in total. The fourth-order valence-electron chi connectivity index (χ4n) is 2.70. The summed E-state index contributed by atoms with van der Waals surface area (Å²) >= 11 is 3.39. The van der Waals surface area contributed by atoms with Crippen molar-refractivity contribution in [3.8, 4) is 17.1 Å². The Hall–Kier alpha value is -2.67. The molecule has 3 aromatic rings. The number of ether oxygens (including phenoxy) is 1. The van der Waals surface area contributed by atoms with Crippen molar-refractivity contribution >= 4 is 21.8 Å². The molecule has 7 heteroatoms. The molecule has 0 unspecified atom stereocenters. The van der Waals surface area contributed by atoms with Crippen LogP contribution in [-0.2, 0) is 11.2 Å². The molecule has 0 bridgehead atoms. The number of likely N-dealkylation sites (N-methyl/N-ethyl adjacent to an activating group) is 1. The Labute approximate surface area is 172 Å². The SMILES string of the molecule is CCN(CCOc1ccc(Br)cc1)C(=O)CCc1nc(-c2ccccc2)no1. The maximum atomic E-state index is 12.5. The van der Waals surface area contributed by atoms with E-state index in [1.165, 1.54) is 0 Å². The Morgan fingerprint density at radius 1 is 1.14 bits per heavy atom.